The first-order valence-electron chi connectivity index (χ1n) is 6.13. The summed E-state index contributed by atoms with van der Waals surface area (Å²) < 4.78 is 13.0. The third kappa shape index (κ3) is 5.63. The Morgan fingerprint density at radius 1 is 1.39 bits per heavy atom. The van der Waals surface area contributed by atoms with Crippen molar-refractivity contribution in [3.05, 3.63) is 35.6 Å². The molecule has 4 nitrogen and oxygen atoms in total. The molecular weight excluding hydrogens is 233 g/mol. The van der Waals surface area contributed by atoms with E-state index in [0.717, 1.165) is 18.5 Å². The van der Waals surface area contributed by atoms with Crippen LogP contribution in [0.3, 0.4) is 0 Å². The molecule has 1 aromatic rings. The lowest BCUT2D eigenvalue weighted by Gasteiger charge is -2.10. The van der Waals surface area contributed by atoms with Crippen LogP contribution >= 0.6 is 0 Å². The first-order valence-corrected chi connectivity index (χ1v) is 6.13. The minimum Gasteiger partial charge on any atom is -0.394 e. The second kappa shape index (κ2) is 8.47. The zero-order chi connectivity index (χ0) is 13.2. The number of hydrogen-bond donors (Lipinski definition) is 3. The largest absolute Gasteiger partial charge is 0.394 e. The summed E-state index contributed by atoms with van der Waals surface area (Å²) in [5.41, 5.74) is 0.945. The van der Waals surface area contributed by atoms with Crippen molar-refractivity contribution in [2.24, 2.45) is 4.99 Å². The van der Waals surface area contributed by atoms with Crippen molar-refractivity contribution in [2.75, 3.05) is 26.2 Å². The third-order valence-corrected chi connectivity index (χ3v) is 2.31. The Labute approximate surface area is 107 Å². The van der Waals surface area contributed by atoms with Crippen molar-refractivity contribution in [3.8, 4) is 0 Å². The van der Waals surface area contributed by atoms with Gasteiger partial charge in [0.15, 0.2) is 5.96 Å². The van der Waals surface area contributed by atoms with E-state index >= 15 is 0 Å². The standard InChI is InChI=1S/C13H20FN3O/c1-2-15-13(17-8-9-18)16-7-6-11-4-3-5-12(14)10-11/h3-5,10,18H,2,6-9H2,1H3,(H2,15,16,17). The van der Waals surface area contributed by atoms with E-state index in [4.69, 9.17) is 5.11 Å². The molecule has 3 N–H and O–H groups in total. The van der Waals surface area contributed by atoms with Gasteiger partial charge in [-0.1, -0.05) is 12.1 Å². The molecule has 0 aliphatic rings. The van der Waals surface area contributed by atoms with Gasteiger partial charge in [-0.25, -0.2) is 4.39 Å². The molecule has 100 valence electrons. The van der Waals surface area contributed by atoms with Crippen LogP contribution in [0.5, 0.6) is 0 Å². The first-order chi connectivity index (χ1) is 8.76. The molecule has 0 aliphatic carbocycles. The van der Waals surface area contributed by atoms with Crippen LogP contribution in [0.1, 0.15) is 12.5 Å². The van der Waals surface area contributed by atoms with Gasteiger partial charge in [-0.2, -0.15) is 0 Å². The van der Waals surface area contributed by atoms with E-state index in [9.17, 15) is 4.39 Å². The van der Waals surface area contributed by atoms with Gasteiger partial charge in [-0.15, -0.1) is 0 Å². The summed E-state index contributed by atoms with van der Waals surface area (Å²) in [5.74, 6) is 0.455. The maximum absolute atomic E-state index is 13.0. The number of nitrogens with one attached hydrogen (secondary N) is 2. The molecular formula is C13H20FN3O. The average molecular weight is 253 g/mol. The van der Waals surface area contributed by atoms with Crippen molar-refractivity contribution in [3.63, 3.8) is 0 Å². The van der Waals surface area contributed by atoms with Crippen LogP contribution in [0.25, 0.3) is 0 Å². The first kappa shape index (κ1) is 14.4. The molecule has 1 aromatic carbocycles. The van der Waals surface area contributed by atoms with Crippen LogP contribution in [0, 0.1) is 5.82 Å². The molecule has 0 amide bonds. The minimum absolute atomic E-state index is 0.0282. The number of benzene rings is 1. The summed E-state index contributed by atoms with van der Waals surface area (Å²) >= 11 is 0. The maximum atomic E-state index is 13.0. The lowest BCUT2D eigenvalue weighted by atomic mass is 10.1. The van der Waals surface area contributed by atoms with Gasteiger partial charge in [-0.05, 0) is 31.0 Å². The van der Waals surface area contributed by atoms with E-state index in [1.807, 2.05) is 13.0 Å². The summed E-state index contributed by atoms with van der Waals surface area (Å²) in [6.07, 6.45) is 0.724. The Kier molecular flexibility index (Phi) is 6.79. The zero-order valence-corrected chi connectivity index (χ0v) is 10.6. The van der Waals surface area contributed by atoms with Gasteiger partial charge >= 0.3 is 0 Å². The maximum Gasteiger partial charge on any atom is 0.191 e. The molecule has 0 unspecified atom stereocenters. The Bertz CT molecular complexity index is 382. The number of guanidine groups is 1. The Balaban J connectivity index is 2.38. The Morgan fingerprint density at radius 3 is 2.89 bits per heavy atom. The normalized spacial score (nSPS) is 11.4. The molecule has 0 bridgehead atoms. The van der Waals surface area contributed by atoms with Gasteiger partial charge < -0.3 is 15.7 Å². The van der Waals surface area contributed by atoms with Crippen LogP contribution < -0.4 is 10.6 Å². The molecule has 1 rings (SSSR count). The van der Waals surface area contributed by atoms with Crippen molar-refractivity contribution in [1.82, 2.24) is 10.6 Å². The van der Waals surface area contributed by atoms with E-state index < -0.39 is 0 Å². The van der Waals surface area contributed by atoms with E-state index in [0.29, 0.717) is 19.0 Å². The van der Waals surface area contributed by atoms with Crippen LogP contribution in [-0.2, 0) is 6.42 Å². The van der Waals surface area contributed by atoms with Gasteiger partial charge in [0.25, 0.3) is 0 Å². The second-order valence-electron chi connectivity index (χ2n) is 3.79. The van der Waals surface area contributed by atoms with Gasteiger partial charge in [-0.3, -0.25) is 4.99 Å². The number of aliphatic imine (C=N–C) groups is 1. The molecule has 0 saturated heterocycles. The fraction of sp³-hybridized carbons (Fsp3) is 0.462. The number of rotatable bonds is 6. The van der Waals surface area contributed by atoms with Crippen LogP contribution in [0.2, 0.25) is 0 Å². The van der Waals surface area contributed by atoms with Crippen LogP contribution in [0.15, 0.2) is 29.3 Å². The summed E-state index contributed by atoms with van der Waals surface area (Å²) in [5, 5.41) is 14.9. The summed E-state index contributed by atoms with van der Waals surface area (Å²) in [7, 11) is 0. The predicted octanol–water partition coefficient (Wildman–Crippen LogP) is 0.916. The SMILES string of the molecule is CCNC(=NCCO)NCCc1cccc(F)c1. The summed E-state index contributed by atoms with van der Waals surface area (Å²) in [6.45, 7) is 3.80. The highest BCUT2D eigenvalue weighted by Gasteiger charge is 1.98. The minimum atomic E-state index is -0.214. The highest BCUT2D eigenvalue weighted by Crippen LogP contribution is 2.03. The number of hydrogen-bond acceptors (Lipinski definition) is 2. The number of nitrogens with zero attached hydrogens (tertiary/aromatic N) is 1. The van der Waals surface area contributed by atoms with Gasteiger partial charge in [0.1, 0.15) is 5.82 Å². The quantitative estimate of drug-likeness (QED) is 0.522. The fourth-order valence-electron chi connectivity index (χ4n) is 1.52. The molecule has 0 radical (unpaired) electrons. The van der Waals surface area contributed by atoms with E-state index in [1.54, 1.807) is 6.07 Å². The number of aliphatic hydroxyl groups is 1. The highest BCUT2D eigenvalue weighted by atomic mass is 19.1. The average Bonchev–Trinajstić information content (AvgIpc) is 2.36. The van der Waals surface area contributed by atoms with E-state index in [2.05, 4.69) is 15.6 Å². The number of halogens is 1. The van der Waals surface area contributed by atoms with Gasteiger partial charge in [0.05, 0.1) is 13.2 Å². The van der Waals surface area contributed by atoms with Gasteiger partial charge in [0.2, 0.25) is 0 Å². The van der Waals surface area contributed by atoms with Crippen molar-refractivity contribution in [1.29, 1.82) is 0 Å². The second-order valence-corrected chi connectivity index (χ2v) is 3.79. The van der Waals surface area contributed by atoms with E-state index in [1.165, 1.54) is 12.1 Å². The summed E-state index contributed by atoms with van der Waals surface area (Å²) in [6, 6.07) is 6.56. The zero-order valence-electron chi connectivity index (χ0n) is 10.6. The van der Waals surface area contributed by atoms with Crippen molar-refractivity contribution < 1.29 is 9.50 Å². The molecule has 0 aromatic heterocycles. The van der Waals surface area contributed by atoms with Crippen molar-refractivity contribution in [2.45, 2.75) is 13.3 Å². The van der Waals surface area contributed by atoms with Crippen LogP contribution in [-0.4, -0.2) is 37.3 Å². The topological polar surface area (TPSA) is 56.7 Å². The predicted molar refractivity (Wildman–Crippen MR) is 71.2 cm³/mol. The molecule has 0 aliphatic heterocycles. The molecule has 0 spiro atoms. The van der Waals surface area contributed by atoms with Crippen LogP contribution in [0.4, 0.5) is 4.39 Å². The molecule has 0 saturated carbocycles. The van der Waals surface area contributed by atoms with Crippen molar-refractivity contribution >= 4 is 5.96 Å². The molecule has 0 atom stereocenters. The molecule has 0 heterocycles. The lowest BCUT2D eigenvalue weighted by molar-refractivity contribution is 0.306. The smallest absolute Gasteiger partial charge is 0.191 e. The molecule has 5 heteroatoms. The Hall–Kier alpha value is -1.62. The molecule has 0 fully saturated rings. The summed E-state index contributed by atoms with van der Waals surface area (Å²) in [4.78, 5) is 4.15. The fourth-order valence-corrected chi connectivity index (χ4v) is 1.52. The highest BCUT2D eigenvalue weighted by molar-refractivity contribution is 5.79. The molecule has 18 heavy (non-hydrogen) atoms. The number of aliphatic hydroxyl groups excluding tert-OH is 1. The van der Waals surface area contributed by atoms with E-state index in [-0.39, 0.29) is 12.4 Å². The van der Waals surface area contributed by atoms with Gasteiger partial charge in [0, 0.05) is 13.1 Å². The lowest BCUT2D eigenvalue weighted by Crippen LogP contribution is -2.38. The Morgan fingerprint density at radius 2 is 2.22 bits per heavy atom. The third-order valence-electron chi connectivity index (χ3n) is 2.31. The monoisotopic (exact) mass is 253 g/mol.